The number of anilines is 1. The monoisotopic (exact) mass is 283 g/mol. The molecule has 1 aromatic carbocycles. The van der Waals surface area contributed by atoms with Crippen LogP contribution in [0, 0.1) is 11.8 Å². The van der Waals surface area contributed by atoms with Crippen molar-refractivity contribution in [1.82, 2.24) is 9.88 Å². The van der Waals surface area contributed by atoms with Crippen molar-refractivity contribution < 1.29 is 0 Å². The maximum atomic E-state index is 4.36. The van der Waals surface area contributed by atoms with Gasteiger partial charge in [0.25, 0.3) is 0 Å². The molecule has 1 fully saturated rings. The third-order valence-corrected chi connectivity index (χ3v) is 4.20. The molecule has 0 aliphatic carbocycles. The highest BCUT2D eigenvalue weighted by molar-refractivity contribution is 7.13. The van der Waals surface area contributed by atoms with Gasteiger partial charge in [0.15, 0.2) is 5.13 Å². The summed E-state index contributed by atoms with van der Waals surface area (Å²) in [6, 6.07) is 10.2. The number of thiazole rings is 1. The molecular weight excluding hydrogens is 266 g/mol. The van der Waals surface area contributed by atoms with Crippen molar-refractivity contribution in [1.29, 1.82) is 0 Å². The van der Waals surface area contributed by atoms with Crippen LogP contribution in [0.15, 0.2) is 41.9 Å². The topological polar surface area (TPSA) is 19.4 Å². The molecule has 0 amide bonds. The zero-order chi connectivity index (χ0) is 13.6. The molecule has 0 atom stereocenters. The highest BCUT2D eigenvalue weighted by Gasteiger charge is 2.17. The van der Waals surface area contributed by atoms with E-state index in [4.69, 9.17) is 0 Å². The predicted octanol–water partition coefficient (Wildman–Crippen LogP) is 2.32. The van der Waals surface area contributed by atoms with Crippen molar-refractivity contribution in [3.8, 4) is 11.8 Å². The van der Waals surface area contributed by atoms with Crippen molar-refractivity contribution in [3.05, 3.63) is 47.5 Å². The van der Waals surface area contributed by atoms with Gasteiger partial charge in [0.05, 0.1) is 6.54 Å². The first-order valence-corrected chi connectivity index (χ1v) is 7.70. The Kier molecular flexibility index (Phi) is 4.32. The van der Waals surface area contributed by atoms with Gasteiger partial charge in [-0.2, -0.15) is 0 Å². The Bertz CT molecular complexity index is 575. The van der Waals surface area contributed by atoms with Crippen molar-refractivity contribution >= 4 is 16.5 Å². The van der Waals surface area contributed by atoms with E-state index in [2.05, 4.69) is 26.6 Å². The van der Waals surface area contributed by atoms with Crippen LogP contribution >= 0.6 is 11.3 Å². The van der Waals surface area contributed by atoms with Gasteiger partial charge in [0.1, 0.15) is 0 Å². The Hall–Kier alpha value is -1.83. The number of aromatic nitrogens is 1. The van der Waals surface area contributed by atoms with Crippen molar-refractivity contribution in [3.63, 3.8) is 0 Å². The largest absolute Gasteiger partial charge is 0.346 e. The first-order chi connectivity index (χ1) is 9.92. The molecule has 2 heterocycles. The van der Waals surface area contributed by atoms with Crippen LogP contribution in [0.5, 0.6) is 0 Å². The highest BCUT2D eigenvalue weighted by atomic mass is 32.1. The molecule has 0 N–H and O–H groups in total. The summed E-state index contributed by atoms with van der Waals surface area (Å²) in [5.74, 6) is 6.48. The first kappa shape index (κ1) is 13.2. The van der Waals surface area contributed by atoms with Crippen LogP contribution in [0.25, 0.3) is 0 Å². The van der Waals surface area contributed by atoms with Crippen molar-refractivity contribution in [2.75, 3.05) is 37.6 Å². The Labute approximate surface area is 123 Å². The summed E-state index contributed by atoms with van der Waals surface area (Å²) in [6.07, 6.45) is 1.87. The van der Waals surface area contributed by atoms with E-state index in [1.807, 2.05) is 41.9 Å². The van der Waals surface area contributed by atoms with Gasteiger partial charge in [-0.3, -0.25) is 4.90 Å². The van der Waals surface area contributed by atoms with Gasteiger partial charge in [0.2, 0.25) is 0 Å². The Morgan fingerprint density at radius 2 is 1.90 bits per heavy atom. The van der Waals surface area contributed by atoms with Gasteiger partial charge >= 0.3 is 0 Å². The Morgan fingerprint density at radius 3 is 2.60 bits per heavy atom. The summed E-state index contributed by atoms with van der Waals surface area (Å²) in [4.78, 5) is 9.12. The fraction of sp³-hybridized carbons (Fsp3) is 0.312. The summed E-state index contributed by atoms with van der Waals surface area (Å²) >= 11 is 1.71. The normalized spacial score (nSPS) is 15.7. The second kappa shape index (κ2) is 6.56. The molecule has 0 bridgehead atoms. The summed E-state index contributed by atoms with van der Waals surface area (Å²) < 4.78 is 0. The molecule has 102 valence electrons. The van der Waals surface area contributed by atoms with Crippen LogP contribution in [-0.4, -0.2) is 42.6 Å². The smallest absolute Gasteiger partial charge is 0.185 e. The highest BCUT2D eigenvalue weighted by Crippen LogP contribution is 2.18. The van der Waals surface area contributed by atoms with Crippen LogP contribution in [0.3, 0.4) is 0 Å². The molecule has 1 saturated heterocycles. The van der Waals surface area contributed by atoms with Crippen LogP contribution in [0.4, 0.5) is 5.13 Å². The Balaban J connectivity index is 1.49. The summed E-state index contributed by atoms with van der Waals surface area (Å²) in [5, 5.41) is 3.17. The fourth-order valence-electron chi connectivity index (χ4n) is 2.24. The minimum Gasteiger partial charge on any atom is -0.346 e. The molecule has 0 unspecified atom stereocenters. The van der Waals surface area contributed by atoms with Crippen molar-refractivity contribution in [2.45, 2.75) is 0 Å². The number of nitrogens with zero attached hydrogens (tertiary/aromatic N) is 3. The molecule has 20 heavy (non-hydrogen) atoms. The van der Waals surface area contributed by atoms with E-state index in [9.17, 15) is 0 Å². The molecule has 1 aliphatic rings. The molecule has 2 aromatic rings. The molecule has 0 saturated carbocycles. The average molecular weight is 283 g/mol. The molecule has 4 heteroatoms. The number of rotatable bonds is 2. The second-order valence-corrected chi connectivity index (χ2v) is 5.62. The van der Waals surface area contributed by atoms with Gasteiger partial charge in [-0.15, -0.1) is 11.3 Å². The summed E-state index contributed by atoms with van der Waals surface area (Å²) in [5.41, 5.74) is 1.09. The molecule has 1 aromatic heterocycles. The number of piperazine rings is 1. The molecule has 0 radical (unpaired) electrons. The van der Waals surface area contributed by atoms with Crippen LogP contribution in [0.1, 0.15) is 5.56 Å². The molecule has 3 rings (SSSR count). The lowest BCUT2D eigenvalue weighted by atomic mass is 10.2. The molecule has 1 aliphatic heterocycles. The number of benzene rings is 1. The lowest BCUT2D eigenvalue weighted by Gasteiger charge is -2.33. The van der Waals surface area contributed by atoms with E-state index in [0.29, 0.717) is 0 Å². The van der Waals surface area contributed by atoms with E-state index in [-0.39, 0.29) is 0 Å². The van der Waals surface area contributed by atoms with E-state index in [1.54, 1.807) is 11.3 Å². The minimum atomic E-state index is 0.848. The third kappa shape index (κ3) is 3.38. The molecule has 0 spiro atoms. The van der Waals surface area contributed by atoms with E-state index in [1.165, 1.54) is 0 Å². The first-order valence-electron chi connectivity index (χ1n) is 6.82. The number of hydrogen-bond acceptors (Lipinski definition) is 4. The predicted molar refractivity (Wildman–Crippen MR) is 84.1 cm³/mol. The van der Waals surface area contributed by atoms with Crippen LogP contribution in [-0.2, 0) is 0 Å². The second-order valence-electron chi connectivity index (χ2n) is 4.75. The zero-order valence-corrected chi connectivity index (χ0v) is 12.1. The Morgan fingerprint density at radius 1 is 1.10 bits per heavy atom. The SMILES string of the molecule is C(#Cc1ccccc1)CN1CCN(c2nccs2)CC1. The van der Waals surface area contributed by atoms with Gasteiger partial charge in [-0.05, 0) is 12.1 Å². The number of hydrogen-bond donors (Lipinski definition) is 0. The van der Waals surface area contributed by atoms with Gasteiger partial charge in [0, 0.05) is 43.3 Å². The standard InChI is InChI=1S/C16H17N3S/c1-2-5-15(6-3-1)7-4-9-18-10-12-19(13-11-18)16-17-8-14-20-16/h1-3,5-6,8,14H,9-13H2. The van der Waals surface area contributed by atoms with Gasteiger partial charge < -0.3 is 4.90 Å². The molecule has 3 nitrogen and oxygen atoms in total. The summed E-state index contributed by atoms with van der Waals surface area (Å²) in [6.45, 7) is 5.05. The zero-order valence-electron chi connectivity index (χ0n) is 11.3. The van der Waals surface area contributed by atoms with Gasteiger partial charge in [-0.25, -0.2) is 4.98 Å². The lowest BCUT2D eigenvalue weighted by molar-refractivity contribution is 0.288. The lowest BCUT2D eigenvalue weighted by Crippen LogP contribution is -2.46. The van der Waals surface area contributed by atoms with Crippen LogP contribution < -0.4 is 4.90 Å². The average Bonchev–Trinajstić information content (AvgIpc) is 3.03. The van der Waals surface area contributed by atoms with E-state index >= 15 is 0 Å². The molecular formula is C16H17N3S. The van der Waals surface area contributed by atoms with E-state index < -0.39 is 0 Å². The van der Waals surface area contributed by atoms with Crippen LogP contribution in [0.2, 0.25) is 0 Å². The fourth-order valence-corrected chi connectivity index (χ4v) is 2.94. The maximum Gasteiger partial charge on any atom is 0.185 e. The summed E-state index contributed by atoms with van der Waals surface area (Å²) in [7, 11) is 0. The third-order valence-electron chi connectivity index (χ3n) is 3.37. The van der Waals surface area contributed by atoms with Gasteiger partial charge in [-0.1, -0.05) is 30.0 Å². The minimum absolute atomic E-state index is 0.848. The quantitative estimate of drug-likeness (QED) is 0.789. The maximum absolute atomic E-state index is 4.36. The van der Waals surface area contributed by atoms with E-state index in [0.717, 1.165) is 43.4 Å². The van der Waals surface area contributed by atoms with Crippen molar-refractivity contribution in [2.24, 2.45) is 0 Å².